The van der Waals surface area contributed by atoms with Gasteiger partial charge in [-0.1, -0.05) is 18.2 Å². The molecule has 2 aromatic carbocycles. The van der Waals surface area contributed by atoms with Crippen molar-refractivity contribution in [3.63, 3.8) is 0 Å². The molecule has 0 saturated carbocycles. The van der Waals surface area contributed by atoms with E-state index in [0.717, 1.165) is 13.9 Å². The Kier molecular flexibility index (Phi) is 3.71. The molecule has 10 heteroatoms. The number of para-hydroxylation sites is 1. The summed E-state index contributed by atoms with van der Waals surface area (Å²) in [5.74, 6) is -0.150. The molecule has 0 radical (unpaired) electrons. The van der Waals surface area contributed by atoms with Crippen molar-refractivity contribution < 1.29 is 4.92 Å². The second-order valence-corrected chi connectivity index (χ2v) is 6.05. The zero-order chi connectivity index (χ0) is 20.0. The number of hydrogen-bond donors (Lipinski definition) is 1. The maximum absolute atomic E-state index is 13.1. The van der Waals surface area contributed by atoms with Crippen LogP contribution < -0.4 is 17.1 Å². The van der Waals surface area contributed by atoms with Crippen LogP contribution in [0.5, 0.6) is 0 Å². The lowest BCUT2D eigenvalue weighted by Gasteiger charge is -2.12. The molecule has 2 N–H and O–H groups in total. The Morgan fingerprint density at radius 1 is 1.04 bits per heavy atom. The Morgan fingerprint density at radius 2 is 1.68 bits per heavy atom. The van der Waals surface area contributed by atoms with Crippen molar-refractivity contribution in [2.75, 3.05) is 0 Å². The number of nitro benzene ring substituents is 1. The highest BCUT2D eigenvalue weighted by Crippen LogP contribution is 2.32. The van der Waals surface area contributed by atoms with Crippen LogP contribution in [0, 0.1) is 21.4 Å². The van der Waals surface area contributed by atoms with Gasteiger partial charge in [0.1, 0.15) is 23.5 Å². The number of nitro groups is 1. The molecule has 3 aromatic rings. The Morgan fingerprint density at radius 3 is 2.25 bits per heavy atom. The minimum Gasteiger partial charge on any atom is -0.383 e. The largest absolute Gasteiger partial charge is 0.383 e. The first kappa shape index (κ1) is 17.0. The Labute approximate surface area is 156 Å². The number of aromatic nitrogens is 3. The van der Waals surface area contributed by atoms with E-state index < -0.39 is 22.3 Å². The third-order valence-corrected chi connectivity index (χ3v) is 4.55. The van der Waals surface area contributed by atoms with E-state index in [4.69, 9.17) is 5.73 Å². The molecule has 10 nitrogen and oxygen atoms in total. The number of nitriles is 1. The number of allylic oxidation sites excluding steroid dienone is 1. The van der Waals surface area contributed by atoms with Crippen LogP contribution >= 0.6 is 0 Å². The van der Waals surface area contributed by atoms with Crippen LogP contribution in [0.25, 0.3) is 11.5 Å². The molecular formula is C18H12N6O4. The first-order valence-electron chi connectivity index (χ1n) is 8.12. The fourth-order valence-corrected chi connectivity index (χ4v) is 3.28. The SMILES string of the molecule is N#CC1=C(N)n2c(=O)n(-c3ccccc3)c(=O)n2C1c1ccc([N+](=O)[O-])cc1. The van der Waals surface area contributed by atoms with Crippen molar-refractivity contribution in [2.45, 2.75) is 6.04 Å². The smallest absolute Gasteiger partial charge is 0.358 e. The summed E-state index contributed by atoms with van der Waals surface area (Å²) in [6.07, 6.45) is 0. The molecule has 0 fully saturated rings. The van der Waals surface area contributed by atoms with E-state index in [-0.39, 0.29) is 17.1 Å². The Balaban J connectivity index is 1.97. The highest BCUT2D eigenvalue weighted by Gasteiger charge is 2.36. The fourth-order valence-electron chi connectivity index (χ4n) is 3.28. The predicted octanol–water partition coefficient (Wildman–Crippen LogP) is 0.963. The summed E-state index contributed by atoms with van der Waals surface area (Å²) >= 11 is 0. The van der Waals surface area contributed by atoms with Gasteiger partial charge in [-0.3, -0.25) is 10.1 Å². The summed E-state index contributed by atoms with van der Waals surface area (Å²) in [5, 5.41) is 20.4. The molecule has 1 atom stereocenters. The zero-order valence-electron chi connectivity index (χ0n) is 14.2. The van der Waals surface area contributed by atoms with Crippen LogP contribution in [-0.2, 0) is 0 Å². The highest BCUT2D eigenvalue weighted by atomic mass is 16.6. The first-order chi connectivity index (χ1) is 13.5. The van der Waals surface area contributed by atoms with Gasteiger partial charge in [0.05, 0.1) is 10.6 Å². The zero-order valence-corrected chi connectivity index (χ0v) is 14.2. The summed E-state index contributed by atoms with van der Waals surface area (Å²) in [4.78, 5) is 36.2. The van der Waals surface area contributed by atoms with Crippen molar-refractivity contribution in [1.29, 1.82) is 5.26 Å². The summed E-state index contributed by atoms with van der Waals surface area (Å²) in [7, 11) is 0. The van der Waals surface area contributed by atoms with Crippen molar-refractivity contribution in [1.82, 2.24) is 13.9 Å². The summed E-state index contributed by atoms with van der Waals surface area (Å²) < 4.78 is 3.00. The number of nitrogens with two attached hydrogens (primary N) is 1. The van der Waals surface area contributed by atoms with Gasteiger partial charge in [0.15, 0.2) is 0 Å². The van der Waals surface area contributed by atoms with Gasteiger partial charge >= 0.3 is 11.4 Å². The van der Waals surface area contributed by atoms with Crippen LogP contribution in [-0.4, -0.2) is 18.9 Å². The Bertz CT molecular complexity index is 1290. The van der Waals surface area contributed by atoms with Crippen LogP contribution in [0.2, 0.25) is 0 Å². The summed E-state index contributed by atoms with van der Waals surface area (Å²) in [6.45, 7) is 0. The fraction of sp³-hybridized carbons (Fsp3) is 0.0556. The van der Waals surface area contributed by atoms with Crippen LogP contribution in [0.1, 0.15) is 11.6 Å². The standard InChI is InChI=1S/C18H12N6O4/c19-10-14-15(11-6-8-13(9-7-11)24(27)28)22-17(25)21(12-4-2-1-3-5-12)18(26)23(22)16(14)20/h1-9,15H,20H2. The number of benzene rings is 2. The number of nitrogens with zero attached hydrogens (tertiary/aromatic N) is 5. The van der Waals surface area contributed by atoms with Crippen LogP contribution in [0.4, 0.5) is 5.69 Å². The molecule has 0 bridgehead atoms. The van der Waals surface area contributed by atoms with Crippen molar-refractivity contribution >= 4 is 11.5 Å². The minimum atomic E-state index is -0.962. The number of fused-ring (bicyclic) bond motifs is 1. The van der Waals surface area contributed by atoms with Crippen LogP contribution in [0.3, 0.4) is 0 Å². The molecule has 1 aromatic heterocycles. The van der Waals surface area contributed by atoms with Gasteiger partial charge < -0.3 is 5.73 Å². The lowest BCUT2D eigenvalue weighted by molar-refractivity contribution is -0.384. The van der Waals surface area contributed by atoms with Gasteiger partial charge in [0, 0.05) is 12.1 Å². The minimum absolute atomic E-state index is 0.0169. The van der Waals surface area contributed by atoms with E-state index >= 15 is 0 Å². The molecule has 1 unspecified atom stereocenters. The molecule has 0 spiro atoms. The molecule has 1 aliphatic rings. The van der Waals surface area contributed by atoms with E-state index in [1.165, 1.54) is 24.3 Å². The average molecular weight is 376 g/mol. The number of rotatable bonds is 3. The average Bonchev–Trinajstić information content (AvgIpc) is 3.14. The van der Waals surface area contributed by atoms with Gasteiger partial charge in [-0.05, 0) is 29.8 Å². The van der Waals surface area contributed by atoms with Gasteiger partial charge in [0.25, 0.3) is 5.69 Å². The van der Waals surface area contributed by atoms with E-state index in [1.807, 2.05) is 6.07 Å². The third kappa shape index (κ3) is 2.27. The molecule has 1 aliphatic heterocycles. The van der Waals surface area contributed by atoms with Crippen molar-refractivity contribution in [3.05, 3.63) is 96.8 Å². The number of hydrogen-bond acceptors (Lipinski definition) is 6. The van der Waals surface area contributed by atoms with Crippen LogP contribution in [0.15, 0.2) is 69.8 Å². The highest BCUT2D eigenvalue weighted by molar-refractivity contribution is 5.60. The van der Waals surface area contributed by atoms with E-state index in [9.17, 15) is 25.0 Å². The normalized spacial score (nSPS) is 15.3. The quantitative estimate of drug-likeness (QED) is 0.533. The van der Waals surface area contributed by atoms with Gasteiger partial charge in [-0.15, -0.1) is 0 Å². The van der Waals surface area contributed by atoms with Crippen molar-refractivity contribution in [2.24, 2.45) is 5.73 Å². The summed E-state index contributed by atoms with van der Waals surface area (Å²) in [6, 6.07) is 14.7. The molecule has 0 aliphatic carbocycles. The third-order valence-electron chi connectivity index (χ3n) is 4.55. The lowest BCUT2D eigenvalue weighted by Crippen LogP contribution is -2.30. The van der Waals surface area contributed by atoms with E-state index in [1.54, 1.807) is 30.3 Å². The predicted molar refractivity (Wildman–Crippen MR) is 98.5 cm³/mol. The molecule has 2 heterocycles. The maximum atomic E-state index is 13.1. The maximum Gasteiger partial charge on any atom is 0.358 e. The first-order valence-corrected chi connectivity index (χ1v) is 8.12. The molecule has 0 amide bonds. The Hall–Kier alpha value is -4.39. The second kappa shape index (κ2) is 6.10. The molecule has 138 valence electrons. The van der Waals surface area contributed by atoms with Gasteiger partial charge in [0.2, 0.25) is 0 Å². The van der Waals surface area contributed by atoms with Crippen molar-refractivity contribution in [3.8, 4) is 11.8 Å². The molecule has 28 heavy (non-hydrogen) atoms. The lowest BCUT2D eigenvalue weighted by atomic mass is 10.0. The second-order valence-electron chi connectivity index (χ2n) is 6.05. The molecular weight excluding hydrogens is 364 g/mol. The van der Waals surface area contributed by atoms with Gasteiger partial charge in [-0.2, -0.15) is 9.94 Å². The molecule has 0 saturated heterocycles. The van der Waals surface area contributed by atoms with E-state index in [2.05, 4.69) is 0 Å². The number of non-ortho nitro benzene ring substituents is 1. The monoisotopic (exact) mass is 376 g/mol. The summed E-state index contributed by atoms with van der Waals surface area (Å²) in [5.41, 5.74) is 5.29. The topological polar surface area (TPSA) is 142 Å². The van der Waals surface area contributed by atoms with Gasteiger partial charge in [-0.25, -0.2) is 18.8 Å². The molecule has 4 rings (SSSR count). The van der Waals surface area contributed by atoms with E-state index in [0.29, 0.717) is 11.3 Å².